The summed E-state index contributed by atoms with van der Waals surface area (Å²) in [5.74, 6) is -1.20. The molecule has 10 heteroatoms. The highest BCUT2D eigenvalue weighted by molar-refractivity contribution is 7.09. The number of carbonyl (C=O) groups is 3. The number of carbonyl (C=O) groups excluding carboxylic acids is 3. The average molecular weight is 510 g/mol. The van der Waals surface area contributed by atoms with Gasteiger partial charge in [0.15, 0.2) is 5.69 Å². The molecule has 0 bridgehead atoms. The lowest BCUT2D eigenvalue weighted by atomic mass is 9.99. The molecule has 0 aliphatic carbocycles. The first-order valence-corrected chi connectivity index (χ1v) is 12.0. The highest BCUT2D eigenvalue weighted by atomic mass is 32.1. The molecule has 3 rings (SSSR count). The molecule has 1 aromatic heterocycles. The summed E-state index contributed by atoms with van der Waals surface area (Å²) in [5, 5.41) is 2.99. The predicted octanol–water partition coefficient (Wildman–Crippen LogP) is 3.75. The lowest BCUT2D eigenvalue weighted by Gasteiger charge is -2.34. The number of methoxy groups -OCH3 is 1. The van der Waals surface area contributed by atoms with Gasteiger partial charge < -0.3 is 21.5 Å². The van der Waals surface area contributed by atoms with Gasteiger partial charge in [-0.3, -0.25) is 19.3 Å². The van der Waals surface area contributed by atoms with Crippen LogP contribution < -0.4 is 26.4 Å². The number of primary amides is 1. The second kappa shape index (κ2) is 10.4. The van der Waals surface area contributed by atoms with E-state index >= 15 is 0 Å². The molecule has 3 amide bonds. The molecule has 2 aromatic carbocycles. The molecule has 36 heavy (non-hydrogen) atoms. The van der Waals surface area contributed by atoms with Crippen LogP contribution in [0.4, 0.5) is 11.4 Å². The van der Waals surface area contributed by atoms with E-state index in [9.17, 15) is 14.4 Å². The van der Waals surface area contributed by atoms with E-state index in [2.05, 4.69) is 9.69 Å². The summed E-state index contributed by atoms with van der Waals surface area (Å²) in [7, 11) is 1.55. The number of ether oxygens (including phenoxy) is 1. The van der Waals surface area contributed by atoms with Crippen molar-refractivity contribution in [3.05, 3.63) is 69.7 Å². The van der Waals surface area contributed by atoms with E-state index in [1.807, 2.05) is 46.8 Å². The van der Waals surface area contributed by atoms with Crippen LogP contribution in [-0.4, -0.2) is 34.7 Å². The lowest BCUT2D eigenvalue weighted by molar-refractivity contribution is -0.123. The molecule has 1 heterocycles. The van der Waals surface area contributed by atoms with E-state index in [1.165, 1.54) is 4.90 Å². The summed E-state index contributed by atoms with van der Waals surface area (Å²) < 4.78 is 9.25. The number of anilines is 2. The van der Waals surface area contributed by atoms with E-state index < -0.39 is 29.3 Å². The Balaban J connectivity index is 2.26. The van der Waals surface area contributed by atoms with Crippen LogP contribution in [0.15, 0.2) is 42.5 Å². The Bertz CT molecular complexity index is 1290. The molecule has 0 spiro atoms. The molecule has 0 aliphatic heterocycles. The minimum atomic E-state index is -1.07. The van der Waals surface area contributed by atoms with E-state index in [0.29, 0.717) is 17.0 Å². The van der Waals surface area contributed by atoms with Crippen LogP contribution in [0.25, 0.3) is 0 Å². The second-order valence-electron chi connectivity index (χ2n) is 9.50. The Kier molecular flexibility index (Phi) is 7.68. The molecule has 0 radical (unpaired) electrons. The highest BCUT2D eigenvalue weighted by Crippen LogP contribution is 2.34. The number of hydrogen-bond donors (Lipinski definition) is 3. The highest BCUT2D eigenvalue weighted by Gasteiger charge is 2.37. The molecule has 0 fully saturated rings. The largest absolute Gasteiger partial charge is 0.497 e. The first-order chi connectivity index (χ1) is 16.8. The van der Waals surface area contributed by atoms with Gasteiger partial charge in [-0.15, -0.1) is 0 Å². The fourth-order valence-corrected chi connectivity index (χ4v) is 4.38. The smallest absolute Gasteiger partial charge is 0.273 e. The molecule has 1 atom stereocenters. The van der Waals surface area contributed by atoms with Gasteiger partial charge in [0.2, 0.25) is 5.91 Å². The van der Waals surface area contributed by atoms with E-state index in [4.69, 9.17) is 16.2 Å². The number of aryl methyl sites for hydroxylation is 2. The molecule has 9 nitrogen and oxygen atoms in total. The normalized spacial score (nSPS) is 12.1. The van der Waals surface area contributed by atoms with Gasteiger partial charge in [-0.05, 0) is 87.1 Å². The zero-order valence-corrected chi connectivity index (χ0v) is 22.0. The van der Waals surface area contributed by atoms with Gasteiger partial charge in [-0.2, -0.15) is 4.37 Å². The standard InChI is InChI=1S/C26H31N5O4S/c1-14-7-10-17(13-15(14)2)31(25(34)22-19(27)20(23(28)32)30-36-22)21(24(33)29-26(3,4)5)16-8-11-18(35-6)12-9-16/h7-13,21H,27H2,1-6H3,(H2,28,32)(H,29,33)/t21-/m1/s1. The number of benzene rings is 2. The maximum absolute atomic E-state index is 14.1. The van der Waals surface area contributed by atoms with Crippen LogP contribution >= 0.6 is 11.5 Å². The molecule has 0 saturated carbocycles. The van der Waals surface area contributed by atoms with Crippen molar-refractivity contribution in [2.45, 2.75) is 46.2 Å². The number of nitrogen functional groups attached to an aromatic ring is 1. The minimum absolute atomic E-state index is 0.0177. The summed E-state index contributed by atoms with van der Waals surface area (Å²) in [4.78, 5) is 41.0. The van der Waals surface area contributed by atoms with Crippen molar-refractivity contribution in [3.63, 3.8) is 0 Å². The van der Waals surface area contributed by atoms with Crippen molar-refractivity contribution >= 4 is 40.6 Å². The molecule has 3 aromatic rings. The summed E-state index contributed by atoms with van der Waals surface area (Å²) in [6.45, 7) is 9.46. The third-order valence-corrected chi connectivity index (χ3v) is 6.43. The van der Waals surface area contributed by atoms with Gasteiger partial charge in [0.25, 0.3) is 11.8 Å². The first kappa shape index (κ1) is 26.7. The molecule has 0 aliphatic rings. The van der Waals surface area contributed by atoms with Crippen LogP contribution in [0.2, 0.25) is 0 Å². The number of nitrogens with zero attached hydrogens (tertiary/aromatic N) is 2. The third kappa shape index (κ3) is 5.65. The maximum Gasteiger partial charge on any atom is 0.273 e. The molecule has 0 unspecified atom stereocenters. The Morgan fingerprint density at radius 2 is 1.69 bits per heavy atom. The molecule has 5 N–H and O–H groups in total. The zero-order valence-electron chi connectivity index (χ0n) is 21.2. The van der Waals surface area contributed by atoms with Crippen molar-refractivity contribution in [1.29, 1.82) is 0 Å². The van der Waals surface area contributed by atoms with Crippen LogP contribution in [0, 0.1) is 13.8 Å². The summed E-state index contributed by atoms with van der Waals surface area (Å²) >= 11 is 0.768. The fraction of sp³-hybridized carbons (Fsp3) is 0.308. The third-order valence-electron chi connectivity index (χ3n) is 5.58. The number of nitrogens with two attached hydrogens (primary N) is 2. The SMILES string of the molecule is COc1ccc([C@H](C(=O)NC(C)(C)C)N(C(=O)c2snc(C(N)=O)c2N)c2ccc(C)c(C)c2)cc1. The van der Waals surface area contributed by atoms with Crippen molar-refractivity contribution < 1.29 is 19.1 Å². The predicted molar refractivity (Wildman–Crippen MR) is 141 cm³/mol. The maximum atomic E-state index is 14.1. The van der Waals surface area contributed by atoms with Gasteiger partial charge >= 0.3 is 0 Å². The average Bonchev–Trinajstić information content (AvgIpc) is 3.19. The quantitative estimate of drug-likeness (QED) is 0.443. The van der Waals surface area contributed by atoms with Gasteiger partial charge in [-0.1, -0.05) is 18.2 Å². The number of amides is 3. The number of rotatable bonds is 7. The first-order valence-electron chi connectivity index (χ1n) is 11.3. The Morgan fingerprint density at radius 3 is 2.19 bits per heavy atom. The lowest BCUT2D eigenvalue weighted by Crippen LogP contribution is -2.49. The number of aromatic nitrogens is 1. The second-order valence-corrected chi connectivity index (χ2v) is 10.3. The van der Waals surface area contributed by atoms with Gasteiger partial charge in [0.05, 0.1) is 12.8 Å². The van der Waals surface area contributed by atoms with Crippen molar-refractivity contribution in [2.75, 3.05) is 17.7 Å². The fourth-order valence-electron chi connectivity index (χ4n) is 3.64. The topological polar surface area (TPSA) is 141 Å². The Labute approximate surface area is 214 Å². The monoisotopic (exact) mass is 509 g/mol. The summed E-state index contributed by atoms with van der Waals surface area (Å²) in [6.07, 6.45) is 0. The number of nitrogens with one attached hydrogen (secondary N) is 1. The van der Waals surface area contributed by atoms with Gasteiger partial charge in [0.1, 0.15) is 16.7 Å². The molecule has 190 valence electrons. The summed E-state index contributed by atoms with van der Waals surface area (Å²) in [6, 6.07) is 11.3. The van der Waals surface area contributed by atoms with Gasteiger partial charge in [0, 0.05) is 11.2 Å². The molecule has 0 saturated heterocycles. The van der Waals surface area contributed by atoms with Crippen LogP contribution in [0.3, 0.4) is 0 Å². The van der Waals surface area contributed by atoms with Gasteiger partial charge in [-0.25, -0.2) is 0 Å². The number of hydrogen-bond acceptors (Lipinski definition) is 7. The van der Waals surface area contributed by atoms with E-state index in [0.717, 1.165) is 22.7 Å². The molecular weight excluding hydrogens is 478 g/mol. The zero-order chi connectivity index (χ0) is 26.8. The van der Waals surface area contributed by atoms with Crippen molar-refractivity contribution in [2.24, 2.45) is 5.73 Å². The van der Waals surface area contributed by atoms with Crippen molar-refractivity contribution in [1.82, 2.24) is 9.69 Å². The Morgan fingerprint density at radius 1 is 1.06 bits per heavy atom. The van der Waals surface area contributed by atoms with Crippen LogP contribution in [-0.2, 0) is 4.79 Å². The van der Waals surface area contributed by atoms with E-state index in [1.54, 1.807) is 37.4 Å². The minimum Gasteiger partial charge on any atom is -0.497 e. The van der Waals surface area contributed by atoms with E-state index in [-0.39, 0.29) is 16.3 Å². The molecular formula is C26H31N5O4S. The Hall–Kier alpha value is -3.92. The van der Waals surface area contributed by atoms with Crippen LogP contribution in [0.5, 0.6) is 5.75 Å². The summed E-state index contributed by atoms with van der Waals surface area (Å²) in [5.41, 5.74) is 13.6. The van der Waals surface area contributed by atoms with Crippen LogP contribution in [0.1, 0.15) is 63.7 Å². The van der Waals surface area contributed by atoms with Crippen molar-refractivity contribution in [3.8, 4) is 5.75 Å².